The van der Waals surface area contributed by atoms with Gasteiger partial charge in [-0.25, -0.2) is 0 Å². The molecule has 2 N–H and O–H groups in total. The van der Waals surface area contributed by atoms with E-state index in [-0.39, 0.29) is 17.9 Å². The van der Waals surface area contributed by atoms with Crippen LogP contribution in [0.2, 0.25) is 0 Å². The summed E-state index contributed by atoms with van der Waals surface area (Å²) in [7, 11) is 0. The molecule has 1 fully saturated rings. The van der Waals surface area contributed by atoms with Crippen molar-refractivity contribution in [3.8, 4) is 0 Å². The zero-order valence-electron chi connectivity index (χ0n) is 11.5. The van der Waals surface area contributed by atoms with Crippen molar-refractivity contribution in [2.24, 2.45) is 5.92 Å². The van der Waals surface area contributed by atoms with E-state index in [0.29, 0.717) is 22.3 Å². The van der Waals surface area contributed by atoms with Crippen LogP contribution < -0.4 is 10.6 Å². The van der Waals surface area contributed by atoms with E-state index in [2.05, 4.69) is 10.6 Å². The minimum absolute atomic E-state index is 0.0833. The van der Waals surface area contributed by atoms with Crippen LogP contribution in [0.25, 0.3) is 0 Å². The van der Waals surface area contributed by atoms with Crippen LogP contribution in [-0.2, 0) is 4.79 Å². The van der Waals surface area contributed by atoms with Crippen molar-refractivity contribution in [1.29, 1.82) is 0 Å². The normalized spacial score (nSPS) is 22.3. The molecule has 3 nitrogen and oxygen atoms in total. The third-order valence-electron chi connectivity index (χ3n) is 3.40. The molecule has 0 radical (unpaired) electrons. The van der Waals surface area contributed by atoms with Gasteiger partial charge in [0.15, 0.2) is 0 Å². The molecular weight excluding hydrogens is 301 g/mol. The molecule has 1 heterocycles. The number of alkyl halides is 3. The summed E-state index contributed by atoms with van der Waals surface area (Å²) in [6.07, 6.45) is -3.49. The van der Waals surface area contributed by atoms with Gasteiger partial charge in [-0.3, -0.25) is 4.79 Å². The Labute approximate surface area is 125 Å². The second-order valence-corrected chi connectivity index (χ2v) is 6.04. The lowest BCUT2D eigenvalue weighted by Gasteiger charge is -2.17. The molecular formula is C14H17F3N2OS. The molecule has 0 spiro atoms. The molecule has 0 saturated carbocycles. The maximum absolute atomic E-state index is 12.3. The van der Waals surface area contributed by atoms with Crippen LogP contribution in [0.4, 0.5) is 18.9 Å². The second-order valence-electron chi connectivity index (χ2n) is 5.03. The minimum Gasteiger partial charge on any atom is -0.325 e. The number of anilines is 1. The average molecular weight is 318 g/mol. The van der Waals surface area contributed by atoms with E-state index in [1.807, 2.05) is 6.92 Å². The Morgan fingerprint density at radius 3 is 2.76 bits per heavy atom. The van der Waals surface area contributed by atoms with E-state index < -0.39 is 11.9 Å². The van der Waals surface area contributed by atoms with Crippen LogP contribution in [0, 0.1) is 5.92 Å². The lowest BCUT2D eigenvalue weighted by Crippen LogP contribution is -2.32. The molecule has 1 saturated heterocycles. The van der Waals surface area contributed by atoms with Crippen LogP contribution >= 0.6 is 11.8 Å². The van der Waals surface area contributed by atoms with Crippen LogP contribution in [-0.4, -0.2) is 30.4 Å². The Hall–Kier alpha value is -1.21. The third kappa shape index (κ3) is 4.64. The molecule has 2 rings (SSSR count). The van der Waals surface area contributed by atoms with E-state index in [1.54, 1.807) is 24.3 Å². The van der Waals surface area contributed by atoms with Crippen molar-refractivity contribution in [3.63, 3.8) is 0 Å². The number of rotatable bonds is 4. The third-order valence-corrected chi connectivity index (χ3v) is 4.54. The zero-order valence-corrected chi connectivity index (χ0v) is 12.4. The second kappa shape index (κ2) is 6.70. The van der Waals surface area contributed by atoms with E-state index in [0.717, 1.165) is 13.0 Å². The summed E-state index contributed by atoms with van der Waals surface area (Å²) in [4.78, 5) is 12.6. The Balaban J connectivity index is 2.04. The summed E-state index contributed by atoms with van der Waals surface area (Å²) in [5.41, 5.74) is 0.441. The highest BCUT2D eigenvalue weighted by Crippen LogP contribution is 2.32. The van der Waals surface area contributed by atoms with Crippen LogP contribution in [0.5, 0.6) is 0 Å². The summed E-state index contributed by atoms with van der Waals surface area (Å²) >= 11 is 0.684. The van der Waals surface area contributed by atoms with Gasteiger partial charge >= 0.3 is 6.18 Å². The molecule has 1 aliphatic heterocycles. The summed E-state index contributed by atoms with van der Waals surface area (Å²) < 4.78 is 36.9. The molecule has 116 valence electrons. The summed E-state index contributed by atoms with van der Waals surface area (Å²) in [6, 6.07) is 6.66. The van der Waals surface area contributed by atoms with E-state index in [1.165, 1.54) is 0 Å². The minimum atomic E-state index is -4.23. The first-order valence-electron chi connectivity index (χ1n) is 6.69. The smallest absolute Gasteiger partial charge is 0.325 e. The van der Waals surface area contributed by atoms with Crippen LogP contribution in [0.1, 0.15) is 13.3 Å². The molecule has 0 bridgehead atoms. The summed E-state index contributed by atoms with van der Waals surface area (Å²) in [5, 5.41) is 5.93. The number of hydrogen-bond donors (Lipinski definition) is 2. The molecule has 0 aromatic heterocycles. The number of carbonyl (C=O) groups is 1. The van der Waals surface area contributed by atoms with Gasteiger partial charge in [-0.15, -0.1) is 11.8 Å². The molecule has 0 aliphatic carbocycles. The maximum Gasteiger partial charge on any atom is 0.398 e. The first-order chi connectivity index (χ1) is 9.87. The topological polar surface area (TPSA) is 41.1 Å². The maximum atomic E-state index is 12.3. The predicted molar refractivity (Wildman–Crippen MR) is 77.4 cm³/mol. The summed E-state index contributed by atoms with van der Waals surface area (Å²) in [6.45, 7) is 2.71. The fraction of sp³-hybridized carbons (Fsp3) is 0.500. The number of hydrogen-bond acceptors (Lipinski definition) is 3. The van der Waals surface area contributed by atoms with E-state index in [4.69, 9.17) is 0 Å². The highest BCUT2D eigenvalue weighted by Gasteiger charge is 2.30. The van der Waals surface area contributed by atoms with Gasteiger partial charge in [0.2, 0.25) is 5.91 Å². The first kappa shape index (κ1) is 16.2. The number of para-hydroxylation sites is 1. The molecule has 21 heavy (non-hydrogen) atoms. The first-order valence-corrected chi connectivity index (χ1v) is 7.68. The molecule has 1 aromatic carbocycles. The quantitative estimate of drug-likeness (QED) is 0.837. The number of benzene rings is 1. The van der Waals surface area contributed by atoms with E-state index >= 15 is 0 Å². The van der Waals surface area contributed by atoms with Gasteiger partial charge in [-0.2, -0.15) is 13.2 Å². The lowest BCUT2D eigenvalue weighted by molar-refractivity contribution is -0.120. The van der Waals surface area contributed by atoms with Crippen molar-refractivity contribution >= 4 is 23.4 Å². The Bertz CT molecular complexity index is 507. The van der Waals surface area contributed by atoms with Crippen molar-refractivity contribution < 1.29 is 18.0 Å². The Morgan fingerprint density at radius 1 is 1.43 bits per heavy atom. The van der Waals surface area contributed by atoms with Crippen molar-refractivity contribution in [3.05, 3.63) is 24.3 Å². The number of amides is 1. The Morgan fingerprint density at radius 2 is 2.14 bits per heavy atom. The highest BCUT2D eigenvalue weighted by atomic mass is 32.2. The number of carbonyl (C=O) groups excluding carboxylic acids is 1. The van der Waals surface area contributed by atoms with Crippen molar-refractivity contribution in [2.45, 2.75) is 30.5 Å². The molecule has 7 heteroatoms. The van der Waals surface area contributed by atoms with Gasteiger partial charge in [0.25, 0.3) is 0 Å². The number of thioether (sulfide) groups is 1. The van der Waals surface area contributed by atoms with Gasteiger partial charge in [0.05, 0.1) is 17.4 Å². The highest BCUT2D eigenvalue weighted by molar-refractivity contribution is 7.99. The Kier molecular flexibility index (Phi) is 5.16. The molecule has 2 atom stereocenters. The molecule has 1 aliphatic rings. The van der Waals surface area contributed by atoms with Crippen LogP contribution in [0.3, 0.4) is 0 Å². The van der Waals surface area contributed by atoms with Gasteiger partial charge in [0, 0.05) is 10.9 Å². The molecule has 1 aromatic rings. The monoisotopic (exact) mass is 318 g/mol. The zero-order chi connectivity index (χ0) is 15.5. The van der Waals surface area contributed by atoms with Gasteiger partial charge in [-0.1, -0.05) is 12.1 Å². The summed E-state index contributed by atoms with van der Waals surface area (Å²) in [5.74, 6) is -1.26. The van der Waals surface area contributed by atoms with Gasteiger partial charge < -0.3 is 10.6 Å². The standard InChI is InChI=1S/C14H17F3N2OS/c1-9-10(6-7-18-9)13(20)19-11-4-2-3-5-12(11)21-8-14(15,16)17/h2-5,9-10,18H,6-8H2,1H3,(H,19,20). The van der Waals surface area contributed by atoms with Crippen molar-refractivity contribution in [1.82, 2.24) is 5.32 Å². The van der Waals surface area contributed by atoms with E-state index in [9.17, 15) is 18.0 Å². The number of nitrogens with one attached hydrogen (secondary N) is 2. The molecule has 2 unspecified atom stereocenters. The van der Waals surface area contributed by atoms with Gasteiger partial charge in [0.1, 0.15) is 0 Å². The van der Waals surface area contributed by atoms with Gasteiger partial charge in [-0.05, 0) is 32.0 Å². The van der Waals surface area contributed by atoms with Crippen molar-refractivity contribution in [2.75, 3.05) is 17.6 Å². The fourth-order valence-electron chi connectivity index (χ4n) is 2.30. The van der Waals surface area contributed by atoms with Crippen LogP contribution in [0.15, 0.2) is 29.2 Å². The average Bonchev–Trinajstić information content (AvgIpc) is 2.83. The number of halogens is 3. The largest absolute Gasteiger partial charge is 0.398 e. The molecule has 1 amide bonds. The SMILES string of the molecule is CC1NCCC1C(=O)Nc1ccccc1SCC(F)(F)F. The predicted octanol–water partition coefficient (Wildman–Crippen LogP) is 3.28. The fourth-order valence-corrected chi connectivity index (χ4v) is 3.07. The lowest BCUT2D eigenvalue weighted by atomic mass is 10.0.